The summed E-state index contributed by atoms with van der Waals surface area (Å²) in [4.78, 5) is 26.0. The molecule has 1 atom stereocenters. The first-order chi connectivity index (χ1) is 13.0. The van der Waals surface area contributed by atoms with E-state index in [0.29, 0.717) is 36.3 Å². The molecule has 9 heteroatoms. The number of nitrogens with zero attached hydrogens (tertiary/aromatic N) is 3. The molecule has 2 aromatic rings. The zero-order valence-electron chi connectivity index (χ0n) is 15.2. The van der Waals surface area contributed by atoms with Gasteiger partial charge in [-0.15, -0.1) is 10.2 Å². The molecule has 3 rings (SSSR count). The molecule has 1 aromatic carbocycles. The second-order valence-electron chi connectivity index (χ2n) is 6.28. The number of carbonyl (C=O) groups excluding carboxylic acids is 2. The average Bonchev–Trinajstić information content (AvgIpc) is 3.24. The summed E-state index contributed by atoms with van der Waals surface area (Å²) in [5.74, 6) is -0.189. The van der Waals surface area contributed by atoms with Gasteiger partial charge in [-0.1, -0.05) is 29.0 Å². The smallest absolute Gasteiger partial charge is 0.228 e. The zero-order chi connectivity index (χ0) is 19.4. The van der Waals surface area contributed by atoms with Gasteiger partial charge in [0.15, 0.2) is 0 Å². The minimum Gasteiger partial charge on any atom is -0.381 e. The lowest BCUT2D eigenvalue weighted by molar-refractivity contribution is -0.118. The van der Waals surface area contributed by atoms with Crippen molar-refractivity contribution in [3.8, 4) is 0 Å². The standard InChI is InChI=1S/C18H21ClN4O3S/c1-3-26-7-6-15(24)20-18-22-21-17(27-18)12-8-16(25)23(10-12)13-5-4-11(2)14(19)9-13/h4-5,9,12H,3,6-8,10H2,1-2H3,(H,20,22,24)/t12-/m0/s1. The second kappa shape index (κ2) is 8.77. The van der Waals surface area contributed by atoms with Gasteiger partial charge in [0.05, 0.1) is 13.0 Å². The molecular formula is C18H21ClN4O3S. The van der Waals surface area contributed by atoms with Crippen LogP contribution in [0.2, 0.25) is 5.02 Å². The highest BCUT2D eigenvalue weighted by molar-refractivity contribution is 7.15. The van der Waals surface area contributed by atoms with E-state index >= 15 is 0 Å². The minimum atomic E-state index is -0.162. The summed E-state index contributed by atoms with van der Waals surface area (Å²) < 4.78 is 5.16. The molecule has 1 fully saturated rings. The maximum Gasteiger partial charge on any atom is 0.228 e. The lowest BCUT2D eigenvalue weighted by Crippen LogP contribution is -2.24. The fourth-order valence-electron chi connectivity index (χ4n) is 2.81. The van der Waals surface area contributed by atoms with E-state index in [-0.39, 0.29) is 24.2 Å². The van der Waals surface area contributed by atoms with Gasteiger partial charge >= 0.3 is 0 Å². The number of nitrogens with one attached hydrogen (secondary N) is 1. The molecule has 2 heterocycles. The highest BCUT2D eigenvalue weighted by atomic mass is 35.5. The Morgan fingerprint density at radius 1 is 1.44 bits per heavy atom. The van der Waals surface area contributed by atoms with E-state index in [1.165, 1.54) is 11.3 Å². The Labute approximate surface area is 166 Å². The highest BCUT2D eigenvalue weighted by Crippen LogP contribution is 2.35. The number of hydrogen-bond acceptors (Lipinski definition) is 6. The fourth-order valence-corrected chi connectivity index (χ4v) is 3.84. The van der Waals surface area contributed by atoms with Gasteiger partial charge in [0.2, 0.25) is 16.9 Å². The van der Waals surface area contributed by atoms with Crippen LogP contribution in [0.1, 0.15) is 36.3 Å². The summed E-state index contributed by atoms with van der Waals surface area (Å²) in [6.07, 6.45) is 0.630. The maximum atomic E-state index is 12.4. The van der Waals surface area contributed by atoms with Crippen molar-refractivity contribution >= 4 is 45.6 Å². The number of benzene rings is 1. The molecule has 2 amide bonds. The van der Waals surface area contributed by atoms with Crippen LogP contribution in [0, 0.1) is 6.92 Å². The van der Waals surface area contributed by atoms with Gasteiger partial charge < -0.3 is 15.0 Å². The molecule has 0 radical (unpaired) electrons. The van der Waals surface area contributed by atoms with Crippen LogP contribution in [0.5, 0.6) is 0 Å². The van der Waals surface area contributed by atoms with Crippen molar-refractivity contribution in [2.75, 3.05) is 30.0 Å². The number of halogens is 1. The fraction of sp³-hybridized carbons (Fsp3) is 0.444. The van der Waals surface area contributed by atoms with E-state index in [4.69, 9.17) is 16.3 Å². The van der Waals surface area contributed by atoms with Gasteiger partial charge in [-0.3, -0.25) is 9.59 Å². The molecule has 1 aromatic heterocycles. The molecule has 1 N–H and O–H groups in total. The van der Waals surface area contributed by atoms with E-state index in [9.17, 15) is 9.59 Å². The molecule has 0 unspecified atom stereocenters. The molecule has 27 heavy (non-hydrogen) atoms. The van der Waals surface area contributed by atoms with Crippen LogP contribution in [0.4, 0.5) is 10.8 Å². The summed E-state index contributed by atoms with van der Waals surface area (Å²) in [5.41, 5.74) is 1.75. The summed E-state index contributed by atoms with van der Waals surface area (Å²) in [6.45, 7) is 5.27. The van der Waals surface area contributed by atoms with Crippen molar-refractivity contribution in [2.45, 2.75) is 32.6 Å². The molecule has 1 aliphatic heterocycles. The Bertz CT molecular complexity index is 842. The van der Waals surface area contributed by atoms with E-state index in [1.54, 1.807) is 11.0 Å². The number of rotatable bonds is 7. The van der Waals surface area contributed by atoms with Gasteiger partial charge in [0.25, 0.3) is 0 Å². The molecule has 1 saturated heterocycles. The summed E-state index contributed by atoms with van der Waals surface area (Å²) in [5, 5.41) is 12.7. The lowest BCUT2D eigenvalue weighted by atomic mass is 10.1. The summed E-state index contributed by atoms with van der Waals surface area (Å²) in [7, 11) is 0. The van der Waals surface area contributed by atoms with Crippen LogP contribution >= 0.6 is 22.9 Å². The van der Waals surface area contributed by atoms with Crippen molar-refractivity contribution in [3.63, 3.8) is 0 Å². The normalized spacial score (nSPS) is 16.8. The van der Waals surface area contributed by atoms with Gasteiger partial charge in [-0.05, 0) is 31.5 Å². The summed E-state index contributed by atoms with van der Waals surface area (Å²) >= 11 is 7.49. The molecule has 7 nitrogen and oxygen atoms in total. The van der Waals surface area contributed by atoms with Crippen LogP contribution in [0.15, 0.2) is 18.2 Å². The third kappa shape index (κ3) is 4.82. The van der Waals surface area contributed by atoms with Crippen LogP contribution in [0.3, 0.4) is 0 Å². The molecule has 0 bridgehead atoms. The average molecular weight is 409 g/mol. The zero-order valence-corrected chi connectivity index (χ0v) is 16.8. The topological polar surface area (TPSA) is 84.4 Å². The third-order valence-corrected chi connectivity index (χ3v) is 5.71. The number of anilines is 2. The highest BCUT2D eigenvalue weighted by Gasteiger charge is 2.34. The van der Waals surface area contributed by atoms with Crippen molar-refractivity contribution in [1.82, 2.24) is 10.2 Å². The van der Waals surface area contributed by atoms with E-state index in [0.717, 1.165) is 16.3 Å². The van der Waals surface area contributed by atoms with Gasteiger partial charge in [-0.25, -0.2) is 0 Å². The van der Waals surface area contributed by atoms with Gasteiger partial charge in [0.1, 0.15) is 5.01 Å². The summed E-state index contributed by atoms with van der Waals surface area (Å²) in [6, 6.07) is 5.60. The largest absolute Gasteiger partial charge is 0.381 e. The predicted molar refractivity (Wildman–Crippen MR) is 106 cm³/mol. The molecular weight excluding hydrogens is 388 g/mol. The number of aromatic nitrogens is 2. The van der Waals surface area contributed by atoms with E-state index in [2.05, 4.69) is 15.5 Å². The first kappa shape index (κ1) is 19.7. The van der Waals surface area contributed by atoms with Crippen molar-refractivity contribution in [3.05, 3.63) is 33.8 Å². The maximum absolute atomic E-state index is 12.4. The van der Waals surface area contributed by atoms with Crippen LogP contribution in [0.25, 0.3) is 0 Å². The number of carbonyl (C=O) groups is 2. The Hall–Kier alpha value is -2.03. The molecule has 0 aliphatic carbocycles. The molecule has 0 saturated carbocycles. The third-order valence-electron chi connectivity index (χ3n) is 4.31. The first-order valence-corrected chi connectivity index (χ1v) is 9.95. The van der Waals surface area contributed by atoms with Crippen molar-refractivity contribution in [1.29, 1.82) is 0 Å². The predicted octanol–water partition coefficient (Wildman–Crippen LogP) is 3.39. The number of amides is 2. The van der Waals surface area contributed by atoms with Crippen molar-refractivity contribution in [2.24, 2.45) is 0 Å². The van der Waals surface area contributed by atoms with E-state index in [1.807, 2.05) is 26.0 Å². The Balaban J connectivity index is 1.63. The molecule has 144 valence electrons. The quantitative estimate of drug-likeness (QED) is 0.710. The Kier molecular flexibility index (Phi) is 6.41. The number of aryl methyl sites for hydroxylation is 1. The van der Waals surface area contributed by atoms with Gasteiger partial charge in [0, 0.05) is 36.2 Å². The van der Waals surface area contributed by atoms with E-state index < -0.39 is 0 Å². The number of hydrogen-bond donors (Lipinski definition) is 1. The molecule has 0 spiro atoms. The minimum absolute atomic E-state index is 0.0254. The first-order valence-electron chi connectivity index (χ1n) is 8.75. The SMILES string of the molecule is CCOCCC(=O)Nc1nnc([C@H]2CC(=O)N(c3ccc(C)c(Cl)c3)C2)s1. The van der Waals surface area contributed by atoms with Gasteiger partial charge in [-0.2, -0.15) is 0 Å². The second-order valence-corrected chi connectivity index (χ2v) is 7.70. The Morgan fingerprint density at radius 2 is 2.26 bits per heavy atom. The van der Waals surface area contributed by atoms with Crippen LogP contribution in [-0.4, -0.2) is 41.8 Å². The van der Waals surface area contributed by atoms with Crippen LogP contribution in [-0.2, 0) is 14.3 Å². The Morgan fingerprint density at radius 3 is 3.00 bits per heavy atom. The van der Waals surface area contributed by atoms with Crippen molar-refractivity contribution < 1.29 is 14.3 Å². The molecule has 1 aliphatic rings. The monoisotopic (exact) mass is 408 g/mol. The number of ether oxygens (including phenoxy) is 1. The van der Waals surface area contributed by atoms with Crippen LogP contribution < -0.4 is 10.2 Å². The lowest BCUT2D eigenvalue weighted by Gasteiger charge is -2.17.